The summed E-state index contributed by atoms with van der Waals surface area (Å²) in [5.41, 5.74) is 12.4. The van der Waals surface area contributed by atoms with E-state index in [1.165, 1.54) is 4.70 Å². The molecule has 92 valence electrons. The Bertz CT molecular complexity index is 891. The van der Waals surface area contributed by atoms with Crippen LogP contribution in [0.5, 0.6) is 0 Å². The van der Waals surface area contributed by atoms with Gasteiger partial charge in [-0.05, 0) is 36.4 Å². The van der Waals surface area contributed by atoms with Crippen molar-refractivity contribution in [2.45, 2.75) is 0 Å². The van der Waals surface area contributed by atoms with Gasteiger partial charge in [0.1, 0.15) is 6.33 Å². The molecule has 2 aromatic carbocycles. The molecule has 0 spiro atoms. The van der Waals surface area contributed by atoms with Gasteiger partial charge in [0, 0.05) is 11.4 Å². The quantitative estimate of drug-likeness (QED) is 0.538. The lowest BCUT2D eigenvalue weighted by Gasteiger charge is -2.04. The fourth-order valence-electron chi connectivity index (χ4n) is 2.23. The molecule has 0 bridgehead atoms. The van der Waals surface area contributed by atoms with E-state index in [4.69, 9.17) is 5.73 Å². The monoisotopic (exact) mass is 266 g/mol. The highest BCUT2D eigenvalue weighted by Crippen LogP contribution is 2.24. The first-order chi connectivity index (χ1) is 9.31. The highest BCUT2D eigenvalue weighted by molar-refractivity contribution is 7.16. The van der Waals surface area contributed by atoms with E-state index in [9.17, 15) is 0 Å². The molecule has 4 rings (SSSR count). The van der Waals surface area contributed by atoms with Gasteiger partial charge in [-0.1, -0.05) is 0 Å². The fourth-order valence-corrected chi connectivity index (χ4v) is 2.94. The molecule has 0 radical (unpaired) electrons. The van der Waals surface area contributed by atoms with Crippen LogP contribution in [0.4, 0.5) is 5.69 Å². The minimum atomic E-state index is 0.732. The van der Waals surface area contributed by atoms with Crippen molar-refractivity contribution in [2.24, 2.45) is 0 Å². The first-order valence-electron chi connectivity index (χ1n) is 5.87. The average Bonchev–Trinajstić information content (AvgIpc) is 3.02. The molecule has 4 aromatic rings. The summed E-state index contributed by atoms with van der Waals surface area (Å²) in [5, 5.41) is 0. The van der Waals surface area contributed by atoms with Crippen LogP contribution in [0.3, 0.4) is 0 Å². The molecule has 0 saturated carbocycles. The maximum Gasteiger partial charge on any atom is 0.100 e. The Morgan fingerprint density at radius 1 is 1.00 bits per heavy atom. The number of benzene rings is 2. The number of nitrogens with zero attached hydrogens (tertiary/aromatic N) is 3. The molecule has 2 aromatic heterocycles. The molecule has 0 fully saturated rings. The van der Waals surface area contributed by atoms with Gasteiger partial charge in [0.25, 0.3) is 0 Å². The number of thiazole rings is 1. The molecule has 0 aliphatic heterocycles. The summed E-state index contributed by atoms with van der Waals surface area (Å²) in [5.74, 6) is 0. The van der Waals surface area contributed by atoms with Crippen molar-refractivity contribution in [1.29, 1.82) is 0 Å². The van der Waals surface area contributed by atoms with Gasteiger partial charge in [0.15, 0.2) is 0 Å². The predicted molar refractivity (Wildman–Crippen MR) is 78.7 cm³/mol. The van der Waals surface area contributed by atoms with E-state index in [2.05, 4.69) is 26.7 Å². The molecule has 5 heteroatoms. The van der Waals surface area contributed by atoms with E-state index in [1.54, 1.807) is 11.3 Å². The largest absolute Gasteiger partial charge is 0.399 e. The number of anilines is 1. The molecule has 0 saturated heterocycles. The molecule has 0 amide bonds. The summed E-state index contributed by atoms with van der Waals surface area (Å²) < 4.78 is 3.24. The fraction of sp³-hybridized carbons (Fsp3) is 0. The first-order valence-corrected chi connectivity index (χ1v) is 6.75. The second-order valence-electron chi connectivity index (χ2n) is 4.37. The number of hydrogen-bond donors (Lipinski definition) is 1. The van der Waals surface area contributed by atoms with Crippen molar-refractivity contribution < 1.29 is 0 Å². The standard InChI is InChI=1S/C14H10N4S/c15-9-1-4-13-12(5-9)16-7-18(13)10-2-3-11-14(6-10)19-8-17-11/h1-8H,15H2. The minimum Gasteiger partial charge on any atom is -0.399 e. The summed E-state index contributed by atoms with van der Waals surface area (Å²) in [6, 6.07) is 12.0. The van der Waals surface area contributed by atoms with Crippen LogP contribution in [-0.4, -0.2) is 14.5 Å². The van der Waals surface area contributed by atoms with Crippen molar-refractivity contribution in [3.63, 3.8) is 0 Å². The summed E-state index contributed by atoms with van der Waals surface area (Å²) in [7, 11) is 0. The third kappa shape index (κ3) is 1.59. The zero-order valence-corrected chi connectivity index (χ0v) is 10.8. The number of imidazole rings is 1. The van der Waals surface area contributed by atoms with E-state index in [1.807, 2.05) is 36.1 Å². The summed E-state index contributed by atoms with van der Waals surface area (Å²) in [4.78, 5) is 8.69. The molecule has 2 N–H and O–H groups in total. The molecule has 0 unspecified atom stereocenters. The highest BCUT2D eigenvalue weighted by atomic mass is 32.1. The van der Waals surface area contributed by atoms with Gasteiger partial charge >= 0.3 is 0 Å². The predicted octanol–water partition coefficient (Wildman–Crippen LogP) is 3.22. The molecule has 2 heterocycles. The topological polar surface area (TPSA) is 56.7 Å². The van der Waals surface area contributed by atoms with E-state index >= 15 is 0 Å². The van der Waals surface area contributed by atoms with Crippen molar-refractivity contribution >= 4 is 38.3 Å². The number of hydrogen-bond acceptors (Lipinski definition) is 4. The smallest absolute Gasteiger partial charge is 0.100 e. The van der Waals surface area contributed by atoms with E-state index in [-0.39, 0.29) is 0 Å². The van der Waals surface area contributed by atoms with Crippen LogP contribution in [0.2, 0.25) is 0 Å². The van der Waals surface area contributed by atoms with Crippen molar-refractivity contribution in [3.05, 3.63) is 48.2 Å². The van der Waals surface area contributed by atoms with E-state index < -0.39 is 0 Å². The molecular weight excluding hydrogens is 256 g/mol. The highest BCUT2D eigenvalue weighted by Gasteiger charge is 2.06. The molecule has 4 nitrogen and oxygen atoms in total. The summed E-state index contributed by atoms with van der Waals surface area (Å²) in [6.45, 7) is 0. The van der Waals surface area contributed by atoms with Crippen LogP contribution in [0.1, 0.15) is 0 Å². The van der Waals surface area contributed by atoms with Crippen LogP contribution < -0.4 is 5.73 Å². The van der Waals surface area contributed by atoms with Gasteiger partial charge in [0.2, 0.25) is 0 Å². The van der Waals surface area contributed by atoms with E-state index in [0.29, 0.717) is 0 Å². The third-order valence-corrected chi connectivity index (χ3v) is 3.96. The van der Waals surface area contributed by atoms with Gasteiger partial charge in [-0.25, -0.2) is 9.97 Å². The van der Waals surface area contributed by atoms with Gasteiger partial charge in [0.05, 0.1) is 26.8 Å². The van der Waals surface area contributed by atoms with Gasteiger partial charge in [-0.15, -0.1) is 11.3 Å². The maximum absolute atomic E-state index is 5.78. The Hall–Kier alpha value is -2.40. The lowest BCUT2D eigenvalue weighted by Crippen LogP contribution is -1.91. The van der Waals surface area contributed by atoms with Gasteiger partial charge in [-0.2, -0.15) is 0 Å². The Morgan fingerprint density at radius 2 is 1.95 bits per heavy atom. The Morgan fingerprint density at radius 3 is 2.89 bits per heavy atom. The second kappa shape index (κ2) is 3.80. The van der Waals surface area contributed by atoms with Gasteiger partial charge < -0.3 is 5.73 Å². The molecule has 19 heavy (non-hydrogen) atoms. The molecule has 0 aliphatic rings. The van der Waals surface area contributed by atoms with Crippen molar-refractivity contribution in [1.82, 2.24) is 14.5 Å². The average molecular weight is 266 g/mol. The Balaban J connectivity index is 1.97. The Labute approximate surface area is 113 Å². The maximum atomic E-state index is 5.78. The third-order valence-electron chi connectivity index (χ3n) is 3.16. The number of nitrogens with two attached hydrogens (primary N) is 1. The minimum absolute atomic E-state index is 0.732. The number of aromatic nitrogens is 3. The lowest BCUT2D eigenvalue weighted by molar-refractivity contribution is 1.10. The Kier molecular flexibility index (Phi) is 2.10. The first kappa shape index (κ1) is 10.5. The SMILES string of the molecule is Nc1ccc2c(c1)ncn2-c1ccc2ncsc2c1. The van der Waals surface area contributed by atoms with Crippen LogP contribution in [0.15, 0.2) is 48.2 Å². The number of nitrogen functional groups attached to an aromatic ring is 1. The zero-order chi connectivity index (χ0) is 12.8. The normalized spacial score (nSPS) is 11.4. The second-order valence-corrected chi connectivity index (χ2v) is 5.25. The van der Waals surface area contributed by atoms with Crippen molar-refractivity contribution in [2.75, 3.05) is 5.73 Å². The zero-order valence-electron chi connectivity index (χ0n) is 9.95. The molecule has 0 atom stereocenters. The van der Waals surface area contributed by atoms with Crippen LogP contribution in [0.25, 0.3) is 26.9 Å². The van der Waals surface area contributed by atoms with Gasteiger partial charge in [-0.3, -0.25) is 4.57 Å². The summed E-state index contributed by atoms with van der Waals surface area (Å²) in [6.07, 6.45) is 1.83. The summed E-state index contributed by atoms with van der Waals surface area (Å²) >= 11 is 1.64. The lowest BCUT2D eigenvalue weighted by atomic mass is 10.2. The van der Waals surface area contributed by atoms with Crippen LogP contribution in [-0.2, 0) is 0 Å². The van der Waals surface area contributed by atoms with E-state index in [0.717, 1.165) is 27.9 Å². The number of fused-ring (bicyclic) bond motifs is 2. The van der Waals surface area contributed by atoms with Crippen LogP contribution in [0, 0.1) is 0 Å². The molecule has 0 aliphatic carbocycles. The molecular formula is C14H10N4S. The van der Waals surface area contributed by atoms with Crippen molar-refractivity contribution in [3.8, 4) is 5.69 Å². The van der Waals surface area contributed by atoms with Crippen LogP contribution >= 0.6 is 11.3 Å². The number of rotatable bonds is 1.